The number of benzene rings is 1. The molecule has 0 radical (unpaired) electrons. The fourth-order valence-electron chi connectivity index (χ4n) is 2.00. The van der Waals surface area contributed by atoms with Crippen LogP contribution in [0.2, 0.25) is 0 Å². The van der Waals surface area contributed by atoms with E-state index in [2.05, 4.69) is 18.1 Å². The first-order valence-corrected chi connectivity index (χ1v) is 6.08. The van der Waals surface area contributed by atoms with E-state index < -0.39 is 0 Å². The molecule has 0 amide bonds. The maximum atomic E-state index is 6.25. The van der Waals surface area contributed by atoms with E-state index in [1.807, 2.05) is 36.1 Å². The summed E-state index contributed by atoms with van der Waals surface area (Å²) in [6.07, 6.45) is 3.82. The summed E-state index contributed by atoms with van der Waals surface area (Å²) in [4.78, 5) is 0. The topological polar surface area (TPSA) is 53.1 Å². The normalized spacial score (nSPS) is 12.4. The smallest absolute Gasteiger partial charge is 0.121 e. The van der Waals surface area contributed by atoms with Crippen LogP contribution >= 0.6 is 0 Å². The summed E-state index contributed by atoms with van der Waals surface area (Å²) in [5.41, 5.74) is 9.44. The summed E-state index contributed by atoms with van der Waals surface area (Å²) in [5.74, 6) is 0.884. The fourth-order valence-corrected chi connectivity index (χ4v) is 2.00. The molecule has 0 spiro atoms. The summed E-state index contributed by atoms with van der Waals surface area (Å²) >= 11 is 0. The van der Waals surface area contributed by atoms with E-state index in [-0.39, 0.29) is 6.04 Å². The van der Waals surface area contributed by atoms with Gasteiger partial charge >= 0.3 is 0 Å². The summed E-state index contributed by atoms with van der Waals surface area (Å²) in [6.45, 7) is 4.93. The number of hydrogen-bond donors (Lipinski definition) is 1. The second kappa shape index (κ2) is 5.23. The largest absolute Gasteiger partial charge is 0.496 e. The lowest BCUT2D eigenvalue weighted by Crippen LogP contribution is -2.11. The van der Waals surface area contributed by atoms with Gasteiger partial charge in [0.25, 0.3) is 0 Å². The molecule has 2 N–H and O–H groups in total. The van der Waals surface area contributed by atoms with Crippen LogP contribution in [0.15, 0.2) is 30.6 Å². The van der Waals surface area contributed by atoms with Gasteiger partial charge in [-0.3, -0.25) is 4.68 Å². The first-order valence-electron chi connectivity index (χ1n) is 6.08. The fraction of sp³-hybridized carbons (Fsp3) is 0.357. The predicted octanol–water partition coefficient (Wildman–Crippen LogP) is 2.27. The number of aromatic nitrogens is 2. The number of hydrogen-bond acceptors (Lipinski definition) is 3. The van der Waals surface area contributed by atoms with Gasteiger partial charge in [-0.05, 0) is 31.0 Å². The van der Waals surface area contributed by atoms with Crippen LogP contribution in [0, 0.1) is 6.92 Å². The molecule has 0 aliphatic heterocycles. The minimum atomic E-state index is -0.144. The minimum absolute atomic E-state index is 0.144. The lowest BCUT2D eigenvalue weighted by Gasteiger charge is -2.12. The number of ether oxygens (including phenoxy) is 1. The van der Waals surface area contributed by atoms with E-state index in [1.54, 1.807) is 7.11 Å². The first-order chi connectivity index (χ1) is 8.65. The van der Waals surface area contributed by atoms with E-state index >= 15 is 0 Å². The molecule has 2 rings (SSSR count). The molecule has 1 heterocycles. The van der Waals surface area contributed by atoms with Crippen molar-refractivity contribution in [2.45, 2.75) is 26.4 Å². The van der Waals surface area contributed by atoms with Gasteiger partial charge in [0.2, 0.25) is 0 Å². The van der Waals surface area contributed by atoms with Crippen LogP contribution in [0.3, 0.4) is 0 Å². The van der Waals surface area contributed by atoms with E-state index in [4.69, 9.17) is 10.5 Å². The van der Waals surface area contributed by atoms with Crippen molar-refractivity contribution in [1.82, 2.24) is 9.78 Å². The van der Waals surface area contributed by atoms with Crippen molar-refractivity contribution in [2.75, 3.05) is 7.11 Å². The molecule has 1 aromatic heterocycles. The highest BCUT2D eigenvalue weighted by Gasteiger charge is 2.12. The van der Waals surface area contributed by atoms with Gasteiger partial charge in [0.1, 0.15) is 5.75 Å². The molecule has 4 heteroatoms. The highest BCUT2D eigenvalue weighted by atomic mass is 16.5. The van der Waals surface area contributed by atoms with Gasteiger partial charge in [0.05, 0.1) is 19.3 Å². The second-order valence-electron chi connectivity index (χ2n) is 4.34. The van der Waals surface area contributed by atoms with Crippen molar-refractivity contribution in [2.24, 2.45) is 5.73 Å². The van der Waals surface area contributed by atoms with Crippen molar-refractivity contribution < 1.29 is 4.74 Å². The number of nitrogens with two attached hydrogens (primary N) is 1. The highest BCUT2D eigenvalue weighted by Crippen LogP contribution is 2.24. The van der Waals surface area contributed by atoms with Crippen molar-refractivity contribution in [3.8, 4) is 5.75 Å². The molecule has 1 atom stereocenters. The summed E-state index contributed by atoms with van der Waals surface area (Å²) in [7, 11) is 1.67. The van der Waals surface area contributed by atoms with Crippen LogP contribution in [0.4, 0.5) is 0 Å². The first kappa shape index (κ1) is 12.6. The molecule has 1 unspecified atom stereocenters. The Kier molecular flexibility index (Phi) is 3.67. The Morgan fingerprint density at radius 3 is 2.72 bits per heavy atom. The Morgan fingerprint density at radius 2 is 2.17 bits per heavy atom. The third kappa shape index (κ3) is 2.38. The van der Waals surface area contributed by atoms with Crippen LogP contribution in [0.1, 0.15) is 29.7 Å². The quantitative estimate of drug-likeness (QED) is 0.899. The van der Waals surface area contributed by atoms with Gasteiger partial charge < -0.3 is 10.5 Å². The Balaban J connectivity index is 2.27. The SMILES string of the molecule is CCn1cc(C(N)c2ccc(OC)c(C)c2)cn1. The van der Waals surface area contributed by atoms with E-state index in [0.29, 0.717) is 0 Å². The van der Waals surface area contributed by atoms with Gasteiger partial charge in [-0.2, -0.15) is 5.10 Å². The van der Waals surface area contributed by atoms with Crippen LogP contribution in [0.25, 0.3) is 0 Å². The third-order valence-corrected chi connectivity index (χ3v) is 3.11. The molecule has 1 aromatic carbocycles. The molecule has 4 nitrogen and oxygen atoms in total. The predicted molar refractivity (Wildman–Crippen MR) is 71.7 cm³/mol. The summed E-state index contributed by atoms with van der Waals surface area (Å²) in [6, 6.07) is 5.87. The Hall–Kier alpha value is -1.81. The molecule has 0 fully saturated rings. The molecule has 96 valence electrons. The van der Waals surface area contributed by atoms with Crippen LogP contribution in [-0.4, -0.2) is 16.9 Å². The zero-order chi connectivity index (χ0) is 13.1. The standard InChI is InChI=1S/C14H19N3O/c1-4-17-9-12(8-16-17)14(15)11-5-6-13(18-3)10(2)7-11/h5-9,14H,4,15H2,1-3H3. The number of methoxy groups -OCH3 is 1. The van der Waals surface area contributed by atoms with E-state index in [1.165, 1.54) is 0 Å². The number of nitrogens with zero attached hydrogens (tertiary/aromatic N) is 2. The maximum Gasteiger partial charge on any atom is 0.121 e. The average molecular weight is 245 g/mol. The van der Waals surface area contributed by atoms with Gasteiger partial charge in [-0.25, -0.2) is 0 Å². The molecular formula is C14H19N3O. The zero-order valence-electron chi connectivity index (χ0n) is 11.1. The Morgan fingerprint density at radius 1 is 1.39 bits per heavy atom. The summed E-state index contributed by atoms with van der Waals surface area (Å²) < 4.78 is 7.13. The Bertz CT molecular complexity index is 534. The average Bonchev–Trinajstić information content (AvgIpc) is 2.86. The van der Waals surface area contributed by atoms with Gasteiger partial charge in [-0.15, -0.1) is 0 Å². The molecule has 0 aliphatic carbocycles. The lowest BCUT2D eigenvalue weighted by atomic mass is 10.0. The number of aryl methyl sites for hydroxylation is 2. The second-order valence-corrected chi connectivity index (χ2v) is 4.34. The van der Waals surface area contributed by atoms with Crippen LogP contribution in [-0.2, 0) is 6.54 Å². The summed E-state index contributed by atoms with van der Waals surface area (Å²) in [5, 5.41) is 4.25. The monoisotopic (exact) mass is 245 g/mol. The number of rotatable bonds is 4. The van der Waals surface area contributed by atoms with Crippen molar-refractivity contribution >= 4 is 0 Å². The lowest BCUT2D eigenvalue weighted by molar-refractivity contribution is 0.411. The molecular weight excluding hydrogens is 226 g/mol. The van der Waals surface area contributed by atoms with E-state index in [9.17, 15) is 0 Å². The molecule has 0 saturated heterocycles. The maximum absolute atomic E-state index is 6.25. The minimum Gasteiger partial charge on any atom is -0.496 e. The van der Waals surface area contributed by atoms with Gasteiger partial charge in [0, 0.05) is 18.3 Å². The van der Waals surface area contributed by atoms with Crippen molar-refractivity contribution in [3.05, 3.63) is 47.3 Å². The highest BCUT2D eigenvalue weighted by molar-refractivity contribution is 5.39. The van der Waals surface area contributed by atoms with Crippen molar-refractivity contribution in [3.63, 3.8) is 0 Å². The molecule has 2 aromatic rings. The molecule has 0 saturated carbocycles. The van der Waals surface area contributed by atoms with Crippen LogP contribution < -0.4 is 10.5 Å². The molecule has 18 heavy (non-hydrogen) atoms. The van der Waals surface area contributed by atoms with Crippen molar-refractivity contribution in [1.29, 1.82) is 0 Å². The zero-order valence-corrected chi connectivity index (χ0v) is 11.1. The van der Waals surface area contributed by atoms with Gasteiger partial charge in [0.15, 0.2) is 0 Å². The molecule has 0 aliphatic rings. The van der Waals surface area contributed by atoms with Gasteiger partial charge in [-0.1, -0.05) is 12.1 Å². The van der Waals surface area contributed by atoms with E-state index in [0.717, 1.165) is 29.0 Å². The van der Waals surface area contributed by atoms with Crippen LogP contribution in [0.5, 0.6) is 5.75 Å². The Labute approximate surface area is 107 Å². The molecule has 0 bridgehead atoms. The third-order valence-electron chi connectivity index (χ3n) is 3.11.